The molecule has 0 saturated carbocycles. The Morgan fingerprint density at radius 3 is 2.40 bits per heavy atom. The van der Waals surface area contributed by atoms with Gasteiger partial charge in [-0.3, -0.25) is 14.9 Å². The van der Waals surface area contributed by atoms with Gasteiger partial charge >= 0.3 is 0 Å². The number of carbonyl (C=O) groups is 1. The third-order valence-corrected chi connectivity index (χ3v) is 2.62. The highest BCUT2D eigenvalue weighted by Crippen LogP contribution is 2.34. The molecule has 2 aromatic rings. The van der Waals surface area contributed by atoms with E-state index in [2.05, 4.69) is 0 Å². The molecule has 0 unspecified atom stereocenters. The van der Waals surface area contributed by atoms with E-state index in [-0.39, 0.29) is 11.4 Å². The smallest absolute Gasteiger partial charge is 0.269 e. The van der Waals surface area contributed by atoms with Crippen LogP contribution < -0.4 is 9.47 Å². The van der Waals surface area contributed by atoms with Gasteiger partial charge in [0.05, 0.1) is 17.6 Å². The largest absolute Gasteiger partial charge is 0.493 e. The van der Waals surface area contributed by atoms with Crippen molar-refractivity contribution >= 4 is 12.0 Å². The summed E-state index contributed by atoms with van der Waals surface area (Å²) in [6, 6.07) is 10.5. The van der Waals surface area contributed by atoms with Gasteiger partial charge in [-0.15, -0.1) is 0 Å². The molecule has 0 aliphatic rings. The normalized spacial score (nSPS) is 9.85. The third-order valence-electron chi connectivity index (χ3n) is 2.62. The molecule has 0 aromatic heterocycles. The Hall–Kier alpha value is -2.89. The van der Waals surface area contributed by atoms with Crippen LogP contribution in [0.5, 0.6) is 17.2 Å². The summed E-state index contributed by atoms with van der Waals surface area (Å²) in [5.74, 6) is 1.06. The highest BCUT2D eigenvalue weighted by molar-refractivity contribution is 5.81. The van der Waals surface area contributed by atoms with Crippen molar-refractivity contribution in [1.82, 2.24) is 0 Å². The van der Waals surface area contributed by atoms with Crippen LogP contribution in [0.4, 0.5) is 5.69 Å². The number of methoxy groups -OCH3 is 1. The van der Waals surface area contributed by atoms with Crippen LogP contribution in [-0.2, 0) is 0 Å². The first-order valence-corrected chi connectivity index (χ1v) is 5.70. The van der Waals surface area contributed by atoms with Crippen LogP contribution in [0.1, 0.15) is 10.4 Å². The molecule has 2 rings (SSSR count). The van der Waals surface area contributed by atoms with Crippen LogP contribution in [0.25, 0.3) is 0 Å². The fourth-order valence-corrected chi connectivity index (χ4v) is 1.65. The number of benzene rings is 2. The molecule has 0 radical (unpaired) electrons. The van der Waals surface area contributed by atoms with Gasteiger partial charge in [0.25, 0.3) is 5.69 Å². The zero-order valence-corrected chi connectivity index (χ0v) is 10.6. The minimum absolute atomic E-state index is 0.0343. The molecular formula is C14H11NO5. The first-order valence-electron chi connectivity index (χ1n) is 5.70. The van der Waals surface area contributed by atoms with Gasteiger partial charge in [-0.05, 0) is 24.3 Å². The Morgan fingerprint density at radius 1 is 1.15 bits per heavy atom. The first-order chi connectivity index (χ1) is 9.65. The molecule has 0 amide bonds. The maximum atomic E-state index is 11.0. The lowest BCUT2D eigenvalue weighted by molar-refractivity contribution is -0.384. The Morgan fingerprint density at radius 2 is 1.85 bits per heavy atom. The lowest BCUT2D eigenvalue weighted by Gasteiger charge is -2.11. The van der Waals surface area contributed by atoms with Crippen molar-refractivity contribution in [2.24, 2.45) is 0 Å². The molecule has 0 heterocycles. The van der Waals surface area contributed by atoms with E-state index in [0.29, 0.717) is 23.3 Å². The predicted octanol–water partition coefficient (Wildman–Crippen LogP) is 3.21. The zero-order valence-electron chi connectivity index (χ0n) is 10.6. The summed E-state index contributed by atoms with van der Waals surface area (Å²) >= 11 is 0. The van der Waals surface area contributed by atoms with E-state index in [0.717, 1.165) is 0 Å². The standard InChI is InChI=1S/C14H11NO5/c1-19-13-4-2-3-10(9-16)14(13)20-12-7-5-11(6-8-12)15(17)18/h2-9H,1H3. The van der Waals surface area contributed by atoms with E-state index >= 15 is 0 Å². The summed E-state index contributed by atoms with van der Waals surface area (Å²) in [7, 11) is 1.46. The lowest BCUT2D eigenvalue weighted by atomic mass is 10.2. The van der Waals surface area contributed by atoms with E-state index in [1.54, 1.807) is 18.2 Å². The molecule has 0 saturated heterocycles. The van der Waals surface area contributed by atoms with Gasteiger partial charge in [-0.1, -0.05) is 6.07 Å². The number of nitro groups is 1. The van der Waals surface area contributed by atoms with Crippen LogP contribution in [0.2, 0.25) is 0 Å². The number of non-ortho nitro benzene ring substituents is 1. The highest BCUT2D eigenvalue weighted by Gasteiger charge is 2.12. The average molecular weight is 273 g/mol. The van der Waals surface area contributed by atoms with Crippen molar-refractivity contribution < 1.29 is 19.2 Å². The van der Waals surface area contributed by atoms with Crippen LogP contribution in [0, 0.1) is 10.1 Å². The molecule has 0 atom stereocenters. The van der Waals surface area contributed by atoms with Gasteiger partial charge in [0.2, 0.25) is 0 Å². The van der Waals surface area contributed by atoms with Crippen LogP contribution >= 0.6 is 0 Å². The minimum Gasteiger partial charge on any atom is -0.493 e. The Bertz CT molecular complexity index is 637. The molecule has 6 nitrogen and oxygen atoms in total. The number of hydrogen-bond donors (Lipinski definition) is 0. The summed E-state index contributed by atoms with van der Waals surface area (Å²) < 4.78 is 10.7. The third kappa shape index (κ3) is 2.74. The molecule has 102 valence electrons. The maximum absolute atomic E-state index is 11.0. The number of carbonyl (C=O) groups excluding carboxylic acids is 1. The minimum atomic E-state index is -0.496. The number of nitro benzene ring substituents is 1. The topological polar surface area (TPSA) is 78.7 Å². The quantitative estimate of drug-likeness (QED) is 0.475. The molecule has 2 aromatic carbocycles. The molecule has 0 aliphatic carbocycles. The number of aldehydes is 1. The van der Waals surface area contributed by atoms with Gasteiger partial charge in [-0.25, -0.2) is 0 Å². The number of para-hydroxylation sites is 1. The van der Waals surface area contributed by atoms with Crippen molar-refractivity contribution in [2.45, 2.75) is 0 Å². The average Bonchev–Trinajstić information content (AvgIpc) is 2.48. The van der Waals surface area contributed by atoms with Gasteiger partial charge in [-0.2, -0.15) is 0 Å². The monoisotopic (exact) mass is 273 g/mol. The summed E-state index contributed by atoms with van der Waals surface area (Å²) in [5, 5.41) is 10.6. The molecule has 20 heavy (non-hydrogen) atoms. The number of hydrogen-bond acceptors (Lipinski definition) is 5. The summed E-state index contributed by atoms with van der Waals surface area (Å²) in [5.41, 5.74) is 0.302. The first kappa shape index (κ1) is 13.5. The summed E-state index contributed by atoms with van der Waals surface area (Å²) in [6.45, 7) is 0. The molecule has 0 bridgehead atoms. The van der Waals surface area contributed by atoms with Crippen LogP contribution in [-0.4, -0.2) is 18.3 Å². The molecular weight excluding hydrogens is 262 g/mol. The summed E-state index contributed by atoms with van der Waals surface area (Å²) in [6.07, 6.45) is 0.656. The SMILES string of the molecule is COc1cccc(C=O)c1Oc1ccc([N+](=O)[O-])cc1. The second-order valence-electron chi connectivity index (χ2n) is 3.85. The van der Waals surface area contributed by atoms with Gasteiger partial charge in [0.15, 0.2) is 17.8 Å². The van der Waals surface area contributed by atoms with Gasteiger partial charge in [0, 0.05) is 12.1 Å². The van der Waals surface area contributed by atoms with Gasteiger partial charge in [0.1, 0.15) is 5.75 Å². The highest BCUT2D eigenvalue weighted by atomic mass is 16.6. The van der Waals surface area contributed by atoms with Crippen molar-refractivity contribution in [3.8, 4) is 17.2 Å². The van der Waals surface area contributed by atoms with E-state index in [1.165, 1.54) is 31.4 Å². The fourth-order valence-electron chi connectivity index (χ4n) is 1.65. The molecule has 0 spiro atoms. The fraction of sp³-hybridized carbons (Fsp3) is 0.0714. The van der Waals surface area contributed by atoms with E-state index in [4.69, 9.17) is 9.47 Å². The molecule has 0 fully saturated rings. The second-order valence-corrected chi connectivity index (χ2v) is 3.85. The summed E-state index contributed by atoms with van der Waals surface area (Å²) in [4.78, 5) is 21.1. The molecule has 6 heteroatoms. The number of nitrogens with zero attached hydrogens (tertiary/aromatic N) is 1. The van der Waals surface area contributed by atoms with Crippen molar-refractivity contribution in [2.75, 3.05) is 7.11 Å². The Labute approximate surface area is 114 Å². The number of rotatable bonds is 5. The zero-order chi connectivity index (χ0) is 14.5. The van der Waals surface area contributed by atoms with E-state index in [9.17, 15) is 14.9 Å². The van der Waals surface area contributed by atoms with Crippen LogP contribution in [0.15, 0.2) is 42.5 Å². The van der Waals surface area contributed by atoms with Gasteiger partial charge < -0.3 is 9.47 Å². The van der Waals surface area contributed by atoms with Crippen molar-refractivity contribution in [1.29, 1.82) is 0 Å². The van der Waals surface area contributed by atoms with Crippen LogP contribution in [0.3, 0.4) is 0 Å². The number of ether oxygens (including phenoxy) is 2. The van der Waals surface area contributed by atoms with Crippen molar-refractivity contribution in [3.05, 3.63) is 58.1 Å². The Kier molecular flexibility index (Phi) is 3.95. The lowest BCUT2D eigenvalue weighted by Crippen LogP contribution is -1.95. The van der Waals surface area contributed by atoms with E-state index in [1.807, 2.05) is 0 Å². The van der Waals surface area contributed by atoms with Crippen molar-refractivity contribution in [3.63, 3.8) is 0 Å². The van der Waals surface area contributed by atoms with E-state index < -0.39 is 4.92 Å². The second kappa shape index (κ2) is 5.83. The maximum Gasteiger partial charge on any atom is 0.269 e. The molecule has 0 N–H and O–H groups in total. The molecule has 0 aliphatic heterocycles. The predicted molar refractivity (Wildman–Crippen MR) is 71.6 cm³/mol. The Balaban J connectivity index is 2.34.